The van der Waals surface area contributed by atoms with Gasteiger partial charge in [-0.1, -0.05) is 18.2 Å². The number of fused-ring (bicyclic) bond motifs is 1. The molecule has 0 saturated heterocycles. The molecule has 0 unspecified atom stereocenters. The first-order valence-corrected chi connectivity index (χ1v) is 9.09. The third-order valence-corrected chi connectivity index (χ3v) is 5.02. The van der Waals surface area contributed by atoms with Crippen LogP contribution in [0.15, 0.2) is 60.0 Å². The van der Waals surface area contributed by atoms with Crippen molar-refractivity contribution in [2.75, 3.05) is 7.11 Å². The van der Waals surface area contributed by atoms with Crippen molar-refractivity contribution in [1.82, 2.24) is 9.78 Å². The van der Waals surface area contributed by atoms with Gasteiger partial charge < -0.3 is 20.3 Å². The van der Waals surface area contributed by atoms with Crippen LogP contribution in [0, 0.1) is 18.3 Å². The Kier molecular flexibility index (Phi) is 4.64. The van der Waals surface area contributed by atoms with E-state index in [9.17, 15) is 15.2 Å². The monoisotopic (exact) mass is 402 g/mol. The first-order valence-electron chi connectivity index (χ1n) is 9.09. The number of aryl methyl sites for hydroxylation is 1. The number of carbonyl (C=O) groups is 1. The van der Waals surface area contributed by atoms with Crippen molar-refractivity contribution in [1.29, 1.82) is 5.26 Å². The van der Waals surface area contributed by atoms with Crippen molar-refractivity contribution in [2.45, 2.75) is 12.8 Å². The number of aromatic carboxylic acids is 1. The average molecular weight is 402 g/mol. The van der Waals surface area contributed by atoms with Crippen LogP contribution < -0.4 is 15.2 Å². The van der Waals surface area contributed by atoms with E-state index in [1.165, 1.54) is 16.8 Å². The molecule has 0 spiro atoms. The van der Waals surface area contributed by atoms with Crippen LogP contribution in [0.2, 0.25) is 0 Å². The van der Waals surface area contributed by atoms with E-state index in [1.807, 2.05) is 31.2 Å². The highest BCUT2D eigenvalue weighted by molar-refractivity contribution is 5.88. The first-order chi connectivity index (χ1) is 14.4. The number of ether oxygens (including phenoxy) is 2. The van der Waals surface area contributed by atoms with Crippen LogP contribution in [0.5, 0.6) is 11.6 Å². The van der Waals surface area contributed by atoms with E-state index >= 15 is 0 Å². The number of allylic oxidation sites excluding steroid dienone is 1. The molecule has 30 heavy (non-hydrogen) atoms. The summed E-state index contributed by atoms with van der Waals surface area (Å²) >= 11 is 0. The summed E-state index contributed by atoms with van der Waals surface area (Å²) in [5.41, 5.74) is 9.20. The molecule has 8 heteroatoms. The average Bonchev–Trinajstić information content (AvgIpc) is 3.08. The molecule has 0 amide bonds. The lowest BCUT2D eigenvalue weighted by molar-refractivity contribution is 0.0697. The fraction of sp³-hybridized carbons (Fsp3) is 0.136. The number of benzene rings is 2. The van der Waals surface area contributed by atoms with Crippen molar-refractivity contribution in [3.8, 4) is 23.4 Å². The molecule has 3 N–H and O–H groups in total. The van der Waals surface area contributed by atoms with Gasteiger partial charge in [0.05, 0.1) is 35.5 Å². The van der Waals surface area contributed by atoms with E-state index in [2.05, 4.69) is 11.2 Å². The molecule has 0 bridgehead atoms. The zero-order valence-electron chi connectivity index (χ0n) is 16.3. The van der Waals surface area contributed by atoms with Gasteiger partial charge >= 0.3 is 5.97 Å². The molecule has 1 aromatic heterocycles. The van der Waals surface area contributed by atoms with Gasteiger partial charge in [-0.2, -0.15) is 10.4 Å². The molecule has 8 nitrogen and oxygen atoms in total. The van der Waals surface area contributed by atoms with Crippen LogP contribution in [0.4, 0.5) is 0 Å². The predicted octanol–water partition coefficient (Wildman–Crippen LogP) is 3.11. The van der Waals surface area contributed by atoms with Crippen LogP contribution in [0.3, 0.4) is 0 Å². The normalized spacial score (nSPS) is 15.2. The van der Waals surface area contributed by atoms with Crippen molar-refractivity contribution < 1.29 is 19.4 Å². The Balaban J connectivity index is 1.91. The third kappa shape index (κ3) is 3.02. The van der Waals surface area contributed by atoms with Crippen molar-refractivity contribution >= 4 is 5.97 Å². The van der Waals surface area contributed by atoms with E-state index in [1.54, 1.807) is 19.2 Å². The van der Waals surface area contributed by atoms with Gasteiger partial charge in [-0.25, -0.2) is 9.48 Å². The predicted molar refractivity (Wildman–Crippen MR) is 108 cm³/mol. The Bertz CT molecular complexity index is 1220. The molecular weight excluding hydrogens is 384 g/mol. The van der Waals surface area contributed by atoms with Gasteiger partial charge in [0.1, 0.15) is 17.4 Å². The summed E-state index contributed by atoms with van der Waals surface area (Å²) in [6.07, 6.45) is 0. The maximum Gasteiger partial charge on any atom is 0.335 e. The van der Waals surface area contributed by atoms with Crippen LogP contribution in [0.1, 0.15) is 33.1 Å². The minimum Gasteiger partial charge on any atom is -0.497 e. The zero-order chi connectivity index (χ0) is 21.4. The molecule has 0 aliphatic carbocycles. The van der Waals surface area contributed by atoms with Gasteiger partial charge in [0.2, 0.25) is 11.8 Å². The molecular formula is C22H18N4O4. The molecule has 0 fully saturated rings. The topological polar surface area (TPSA) is 123 Å². The molecule has 1 atom stereocenters. The van der Waals surface area contributed by atoms with Gasteiger partial charge in [-0.3, -0.25) is 0 Å². The summed E-state index contributed by atoms with van der Waals surface area (Å²) in [6.45, 7) is 1.81. The van der Waals surface area contributed by atoms with Crippen molar-refractivity contribution in [2.24, 2.45) is 5.73 Å². The Morgan fingerprint density at radius 2 is 2.03 bits per heavy atom. The van der Waals surface area contributed by atoms with E-state index in [0.29, 0.717) is 28.6 Å². The molecule has 1 aliphatic heterocycles. The number of nitrogens with two attached hydrogens (primary N) is 1. The second-order valence-corrected chi connectivity index (χ2v) is 6.77. The Morgan fingerprint density at radius 1 is 1.30 bits per heavy atom. The lowest BCUT2D eigenvalue weighted by Gasteiger charge is -2.25. The molecule has 1 aliphatic rings. The smallest absolute Gasteiger partial charge is 0.335 e. The Morgan fingerprint density at radius 3 is 2.67 bits per heavy atom. The fourth-order valence-electron chi connectivity index (χ4n) is 3.59. The lowest BCUT2D eigenvalue weighted by Crippen LogP contribution is -2.22. The van der Waals surface area contributed by atoms with Gasteiger partial charge in [0.25, 0.3) is 0 Å². The second kappa shape index (κ2) is 7.29. The molecule has 0 saturated carbocycles. The second-order valence-electron chi connectivity index (χ2n) is 6.77. The maximum atomic E-state index is 11.4. The zero-order valence-corrected chi connectivity index (χ0v) is 16.3. The number of nitrogens with zero attached hydrogens (tertiary/aromatic N) is 3. The van der Waals surface area contributed by atoms with E-state index in [0.717, 1.165) is 5.56 Å². The number of rotatable bonds is 4. The summed E-state index contributed by atoms with van der Waals surface area (Å²) in [7, 11) is 1.58. The number of methoxy groups -OCH3 is 1. The molecule has 0 radical (unpaired) electrons. The number of carboxylic acid groups (broad SMARTS) is 1. The molecule has 2 heterocycles. The minimum absolute atomic E-state index is 0.0126. The summed E-state index contributed by atoms with van der Waals surface area (Å²) < 4.78 is 12.5. The van der Waals surface area contributed by atoms with Gasteiger partial charge in [-0.15, -0.1) is 0 Å². The van der Waals surface area contributed by atoms with Crippen molar-refractivity contribution in [3.63, 3.8) is 0 Å². The molecule has 2 aromatic carbocycles. The van der Waals surface area contributed by atoms with E-state index < -0.39 is 11.9 Å². The molecule has 3 aromatic rings. The Hall–Kier alpha value is -4.25. The van der Waals surface area contributed by atoms with Crippen LogP contribution in [-0.2, 0) is 0 Å². The number of aromatic nitrogens is 2. The summed E-state index contributed by atoms with van der Waals surface area (Å²) in [4.78, 5) is 11.4. The highest BCUT2D eigenvalue weighted by Gasteiger charge is 2.36. The maximum absolute atomic E-state index is 11.4. The van der Waals surface area contributed by atoms with Gasteiger partial charge in [0.15, 0.2) is 0 Å². The number of nitriles is 1. The minimum atomic E-state index is -1.04. The van der Waals surface area contributed by atoms with E-state index in [4.69, 9.17) is 15.2 Å². The van der Waals surface area contributed by atoms with Crippen LogP contribution in [0.25, 0.3) is 5.69 Å². The number of hydrogen-bond acceptors (Lipinski definition) is 6. The van der Waals surface area contributed by atoms with Crippen LogP contribution in [-0.4, -0.2) is 28.0 Å². The Labute approximate surface area is 172 Å². The summed E-state index contributed by atoms with van der Waals surface area (Å²) in [5, 5.41) is 23.6. The SMILES string of the molecule is COc1ccc([C@@H]2C(C#N)=C(N)Oc3c2c(C)nn3-c2cccc(C(=O)O)c2)cc1. The fourth-order valence-corrected chi connectivity index (χ4v) is 3.59. The third-order valence-electron chi connectivity index (χ3n) is 5.02. The standard InChI is InChI=1S/C22H18N4O4/c1-12-18-19(13-6-8-16(29-2)9-7-13)17(11-23)20(24)30-21(18)26(25-12)15-5-3-4-14(10-15)22(27)28/h3-10,19H,24H2,1-2H3,(H,27,28)/t19-/m1/s1. The van der Waals surface area contributed by atoms with E-state index in [-0.39, 0.29) is 17.0 Å². The number of carboxylic acids is 1. The summed E-state index contributed by atoms with van der Waals surface area (Å²) in [5.74, 6) is -0.480. The van der Waals surface area contributed by atoms with Crippen LogP contribution >= 0.6 is 0 Å². The van der Waals surface area contributed by atoms with Gasteiger partial charge in [-0.05, 0) is 42.8 Å². The quantitative estimate of drug-likeness (QED) is 0.687. The molecule has 150 valence electrons. The summed E-state index contributed by atoms with van der Waals surface area (Å²) in [6, 6.07) is 15.9. The van der Waals surface area contributed by atoms with Gasteiger partial charge in [0, 0.05) is 0 Å². The largest absolute Gasteiger partial charge is 0.497 e. The highest BCUT2D eigenvalue weighted by Crippen LogP contribution is 2.44. The first kappa shape index (κ1) is 19.1. The van der Waals surface area contributed by atoms with Crippen molar-refractivity contribution in [3.05, 3.63) is 82.4 Å². The lowest BCUT2D eigenvalue weighted by atomic mass is 9.84. The molecule has 4 rings (SSSR count). The highest BCUT2D eigenvalue weighted by atomic mass is 16.5. The number of hydrogen-bond donors (Lipinski definition) is 2.